The summed E-state index contributed by atoms with van der Waals surface area (Å²) in [6.45, 7) is 2.02. The number of nitrogens with zero attached hydrogens (tertiary/aromatic N) is 1. The summed E-state index contributed by atoms with van der Waals surface area (Å²) in [4.78, 5) is 15.0. The minimum Gasteiger partial charge on any atom is -0.497 e. The number of rotatable bonds is 3. The lowest BCUT2D eigenvalue weighted by Gasteiger charge is -2.50. The first kappa shape index (κ1) is 15.3. The van der Waals surface area contributed by atoms with Gasteiger partial charge in [-0.15, -0.1) is 0 Å². The SMILES string of the molecule is CCC1(c2cccc(OC)c2)OC2CCCCC2N(C)C1=O. The Hall–Kier alpha value is -1.55. The smallest absolute Gasteiger partial charge is 0.259 e. The monoisotopic (exact) mass is 303 g/mol. The number of carbonyl (C=O) groups excluding carboxylic acids is 1. The zero-order valence-corrected chi connectivity index (χ0v) is 13.7. The molecule has 1 saturated carbocycles. The van der Waals surface area contributed by atoms with Gasteiger partial charge in [-0.3, -0.25) is 4.79 Å². The lowest BCUT2D eigenvalue weighted by Crippen LogP contribution is -2.62. The molecule has 0 aromatic heterocycles. The second-order valence-corrected chi connectivity index (χ2v) is 6.34. The van der Waals surface area contributed by atoms with Crippen LogP contribution >= 0.6 is 0 Å². The molecule has 1 amide bonds. The molecule has 3 atom stereocenters. The first-order chi connectivity index (χ1) is 10.6. The molecule has 0 N–H and O–H groups in total. The molecule has 1 aliphatic heterocycles. The Balaban J connectivity index is 2.01. The minimum absolute atomic E-state index is 0.0754. The van der Waals surface area contributed by atoms with E-state index in [1.807, 2.05) is 43.1 Å². The van der Waals surface area contributed by atoms with Crippen LogP contribution in [0.5, 0.6) is 5.75 Å². The van der Waals surface area contributed by atoms with Crippen molar-refractivity contribution >= 4 is 5.91 Å². The van der Waals surface area contributed by atoms with E-state index in [0.717, 1.165) is 24.2 Å². The maximum absolute atomic E-state index is 13.1. The third-order valence-electron chi connectivity index (χ3n) is 5.22. The molecule has 1 aromatic carbocycles. The van der Waals surface area contributed by atoms with Gasteiger partial charge < -0.3 is 14.4 Å². The van der Waals surface area contributed by atoms with Crippen molar-refractivity contribution in [3.8, 4) is 5.75 Å². The van der Waals surface area contributed by atoms with Crippen LogP contribution in [0.3, 0.4) is 0 Å². The van der Waals surface area contributed by atoms with E-state index in [4.69, 9.17) is 9.47 Å². The number of benzene rings is 1. The van der Waals surface area contributed by atoms with Gasteiger partial charge in [-0.1, -0.05) is 31.9 Å². The van der Waals surface area contributed by atoms with Gasteiger partial charge in [-0.2, -0.15) is 0 Å². The molecule has 1 aliphatic carbocycles. The van der Waals surface area contributed by atoms with E-state index in [0.29, 0.717) is 6.42 Å². The van der Waals surface area contributed by atoms with Crippen molar-refractivity contribution in [2.45, 2.75) is 56.8 Å². The molecule has 3 rings (SSSR count). The summed E-state index contributed by atoms with van der Waals surface area (Å²) in [6, 6.07) is 7.95. The van der Waals surface area contributed by atoms with Gasteiger partial charge in [0, 0.05) is 7.05 Å². The van der Waals surface area contributed by atoms with Crippen molar-refractivity contribution in [3.63, 3.8) is 0 Å². The zero-order valence-electron chi connectivity index (χ0n) is 13.7. The van der Waals surface area contributed by atoms with Gasteiger partial charge in [0.2, 0.25) is 0 Å². The van der Waals surface area contributed by atoms with Crippen molar-refractivity contribution in [2.24, 2.45) is 0 Å². The Morgan fingerprint density at radius 3 is 2.86 bits per heavy atom. The summed E-state index contributed by atoms with van der Waals surface area (Å²) in [5, 5.41) is 0. The van der Waals surface area contributed by atoms with Crippen LogP contribution in [0.2, 0.25) is 0 Å². The highest BCUT2D eigenvalue weighted by Crippen LogP contribution is 2.42. The largest absolute Gasteiger partial charge is 0.497 e. The Morgan fingerprint density at radius 1 is 1.36 bits per heavy atom. The van der Waals surface area contributed by atoms with Crippen LogP contribution in [0.25, 0.3) is 0 Å². The van der Waals surface area contributed by atoms with E-state index >= 15 is 0 Å². The fourth-order valence-corrected chi connectivity index (χ4v) is 3.91. The summed E-state index contributed by atoms with van der Waals surface area (Å²) >= 11 is 0. The quantitative estimate of drug-likeness (QED) is 0.861. The molecule has 1 aromatic rings. The number of fused-ring (bicyclic) bond motifs is 1. The molecule has 2 fully saturated rings. The number of likely N-dealkylation sites (N-methyl/N-ethyl adjacent to an activating group) is 1. The van der Waals surface area contributed by atoms with Gasteiger partial charge in [0.15, 0.2) is 5.60 Å². The summed E-state index contributed by atoms with van der Waals surface area (Å²) in [7, 11) is 3.57. The zero-order chi connectivity index (χ0) is 15.7. The van der Waals surface area contributed by atoms with E-state index in [1.54, 1.807) is 7.11 Å². The number of carbonyl (C=O) groups is 1. The molecular formula is C18H25NO3. The number of hydrogen-bond acceptors (Lipinski definition) is 3. The number of morpholine rings is 1. The predicted octanol–water partition coefficient (Wildman–Crippen LogP) is 3.10. The molecule has 1 saturated heterocycles. The first-order valence-corrected chi connectivity index (χ1v) is 8.22. The minimum atomic E-state index is -0.873. The van der Waals surface area contributed by atoms with Crippen molar-refractivity contribution in [1.82, 2.24) is 4.90 Å². The van der Waals surface area contributed by atoms with Crippen molar-refractivity contribution in [1.29, 1.82) is 0 Å². The summed E-state index contributed by atoms with van der Waals surface area (Å²) in [5.41, 5.74) is 0.0251. The average molecular weight is 303 g/mol. The number of methoxy groups -OCH3 is 1. The molecule has 4 heteroatoms. The van der Waals surface area contributed by atoms with Crippen LogP contribution < -0.4 is 4.74 Å². The van der Waals surface area contributed by atoms with Gasteiger partial charge in [-0.05, 0) is 37.0 Å². The van der Waals surface area contributed by atoms with E-state index in [1.165, 1.54) is 12.8 Å². The molecule has 2 aliphatic rings. The van der Waals surface area contributed by atoms with Gasteiger partial charge in [0.25, 0.3) is 5.91 Å². The van der Waals surface area contributed by atoms with Gasteiger partial charge >= 0.3 is 0 Å². The van der Waals surface area contributed by atoms with E-state index < -0.39 is 5.60 Å². The van der Waals surface area contributed by atoms with E-state index in [-0.39, 0.29) is 18.1 Å². The van der Waals surface area contributed by atoms with Crippen molar-refractivity contribution in [2.75, 3.05) is 14.2 Å². The summed E-state index contributed by atoms with van der Waals surface area (Å²) in [5.74, 6) is 0.835. The Labute approximate surface area is 132 Å². The van der Waals surface area contributed by atoms with Crippen LogP contribution in [0, 0.1) is 0 Å². The normalized spacial score (nSPS) is 31.8. The lowest BCUT2D eigenvalue weighted by atomic mass is 9.82. The number of ether oxygens (including phenoxy) is 2. The fourth-order valence-electron chi connectivity index (χ4n) is 3.91. The second kappa shape index (κ2) is 5.92. The third kappa shape index (κ3) is 2.30. The second-order valence-electron chi connectivity index (χ2n) is 6.34. The van der Waals surface area contributed by atoms with Crippen molar-refractivity contribution in [3.05, 3.63) is 29.8 Å². The Kier molecular flexibility index (Phi) is 4.13. The first-order valence-electron chi connectivity index (χ1n) is 8.22. The predicted molar refractivity (Wildman–Crippen MR) is 84.9 cm³/mol. The van der Waals surface area contributed by atoms with Crippen LogP contribution in [0.1, 0.15) is 44.6 Å². The van der Waals surface area contributed by atoms with E-state index in [9.17, 15) is 4.79 Å². The third-order valence-corrected chi connectivity index (χ3v) is 5.22. The van der Waals surface area contributed by atoms with Crippen LogP contribution in [-0.4, -0.2) is 37.1 Å². The molecule has 22 heavy (non-hydrogen) atoms. The van der Waals surface area contributed by atoms with E-state index in [2.05, 4.69) is 0 Å². The maximum Gasteiger partial charge on any atom is 0.259 e. The summed E-state index contributed by atoms with van der Waals surface area (Å²) in [6.07, 6.45) is 5.22. The molecule has 0 bridgehead atoms. The standard InChI is InChI=1S/C18H25NO3/c1-4-18(13-8-7-9-14(12-13)21-3)17(20)19(2)15-10-5-6-11-16(15)22-18/h7-9,12,15-16H,4-6,10-11H2,1-3H3. The lowest BCUT2D eigenvalue weighted by molar-refractivity contribution is -0.205. The number of amides is 1. The Morgan fingerprint density at radius 2 is 2.14 bits per heavy atom. The van der Waals surface area contributed by atoms with Gasteiger partial charge in [0.1, 0.15) is 5.75 Å². The molecule has 120 valence electrons. The topological polar surface area (TPSA) is 38.8 Å². The maximum atomic E-state index is 13.1. The highest BCUT2D eigenvalue weighted by Gasteiger charge is 2.51. The molecule has 4 nitrogen and oxygen atoms in total. The molecular weight excluding hydrogens is 278 g/mol. The molecule has 0 radical (unpaired) electrons. The highest BCUT2D eigenvalue weighted by molar-refractivity contribution is 5.87. The average Bonchev–Trinajstić information content (AvgIpc) is 2.58. The van der Waals surface area contributed by atoms with Crippen LogP contribution in [0.15, 0.2) is 24.3 Å². The molecule has 3 unspecified atom stereocenters. The van der Waals surface area contributed by atoms with Gasteiger partial charge in [0.05, 0.1) is 19.3 Å². The highest BCUT2D eigenvalue weighted by atomic mass is 16.5. The van der Waals surface area contributed by atoms with Gasteiger partial charge in [-0.25, -0.2) is 0 Å². The van der Waals surface area contributed by atoms with Crippen LogP contribution in [-0.2, 0) is 15.1 Å². The number of hydrogen-bond donors (Lipinski definition) is 0. The van der Waals surface area contributed by atoms with Crippen molar-refractivity contribution < 1.29 is 14.3 Å². The molecule has 1 heterocycles. The fraction of sp³-hybridized carbons (Fsp3) is 0.611. The molecule has 0 spiro atoms. The Bertz CT molecular complexity index is 559. The summed E-state index contributed by atoms with van der Waals surface area (Å²) < 4.78 is 11.8. The van der Waals surface area contributed by atoms with Crippen LogP contribution in [0.4, 0.5) is 0 Å².